The summed E-state index contributed by atoms with van der Waals surface area (Å²) in [6.45, 7) is 11.8. The second-order valence-corrected chi connectivity index (χ2v) is 10.1. The molecule has 176 valence electrons. The Balaban J connectivity index is 1.58. The van der Waals surface area contributed by atoms with Crippen LogP contribution in [0.4, 0.5) is 0 Å². The van der Waals surface area contributed by atoms with Crippen molar-refractivity contribution in [2.24, 2.45) is 17.3 Å². The molecule has 1 aliphatic carbocycles. The van der Waals surface area contributed by atoms with E-state index in [0.29, 0.717) is 26.3 Å². The largest absolute Gasteiger partial charge is 0.464 e. The van der Waals surface area contributed by atoms with Crippen molar-refractivity contribution in [1.29, 1.82) is 0 Å². The van der Waals surface area contributed by atoms with Crippen molar-refractivity contribution >= 4 is 11.9 Å². The third-order valence-corrected chi connectivity index (χ3v) is 7.66. The molecule has 2 aliphatic heterocycles. The lowest BCUT2D eigenvalue weighted by atomic mass is 9.63. The van der Waals surface area contributed by atoms with Gasteiger partial charge in [0.05, 0.1) is 13.1 Å². The third-order valence-electron chi connectivity index (χ3n) is 7.66. The van der Waals surface area contributed by atoms with Gasteiger partial charge in [0, 0.05) is 5.41 Å². The first kappa shape index (κ1) is 24.2. The molecule has 2 atom stereocenters. The van der Waals surface area contributed by atoms with Gasteiger partial charge in [0.15, 0.2) is 0 Å². The highest BCUT2D eigenvalue weighted by Crippen LogP contribution is 2.45. The topological polar surface area (TPSA) is 59.1 Å². The molecule has 2 fully saturated rings. The van der Waals surface area contributed by atoms with E-state index in [1.54, 1.807) is 0 Å². The molecule has 0 saturated carbocycles. The maximum Gasteiger partial charge on any atom is 0.320 e. The molecule has 0 aromatic rings. The minimum Gasteiger partial charge on any atom is -0.464 e. The van der Waals surface area contributed by atoms with Crippen molar-refractivity contribution in [2.45, 2.75) is 65.7 Å². The van der Waals surface area contributed by atoms with E-state index in [4.69, 9.17) is 9.47 Å². The lowest BCUT2D eigenvalue weighted by molar-refractivity contribution is -0.161. The summed E-state index contributed by atoms with van der Waals surface area (Å²) in [4.78, 5) is 29.5. The molecule has 3 rings (SSSR count). The van der Waals surface area contributed by atoms with E-state index in [0.717, 1.165) is 58.3 Å². The molecule has 6 heteroatoms. The second kappa shape index (κ2) is 11.5. The van der Waals surface area contributed by atoms with Gasteiger partial charge in [-0.2, -0.15) is 0 Å². The van der Waals surface area contributed by atoms with E-state index in [9.17, 15) is 9.59 Å². The van der Waals surface area contributed by atoms with Gasteiger partial charge in [-0.1, -0.05) is 38.3 Å². The highest BCUT2D eigenvalue weighted by molar-refractivity contribution is 5.72. The van der Waals surface area contributed by atoms with E-state index in [2.05, 4.69) is 36.6 Å². The van der Waals surface area contributed by atoms with Gasteiger partial charge >= 0.3 is 11.9 Å². The maximum atomic E-state index is 12.6. The van der Waals surface area contributed by atoms with Crippen LogP contribution in [0, 0.1) is 17.3 Å². The van der Waals surface area contributed by atoms with Crippen molar-refractivity contribution < 1.29 is 19.1 Å². The summed E-state index contributed by atoms with van der Waals surface area (Å²) >= 11 is 0. The summed E-state index contributed by atoms with van der Waals surface area (Å²) in [6, 6.07) is 0. The predicted octanol–water partition coefficient (Wildman–Crippen LogP) is 3.65. The molecule has 0 amide bonds. The number of likely N-dealkylation sites (tertiary alicyclic amines) is 2. The van der Waals surface area contributed by atoms with Crippen molar-refractivity contribution in [3.8, 4) is 0 Å². The summed E-state index contributed by atoms with van der Waals surface area (Å²) in [5, 5.41) is 0. The van der Waals surface area contributed by atoms with Crippen LogP contribution in [-0.4, -0.2) is 74.2 Å². The summed E-state index contributed by atoms with van der Waals surface area (Å²) in [5.74, 6) is 0.137. The zero-order valence-electron chi connectivity index (χ0n) is 19.9. The van der Waals surface area contributed by atoms with Crippen LogP contribution in [-0.2, 0) is 19.1 Å². The Morgan fingerprint density at radius 1 is 0.871 bits per heavy atom. The van der Waals surface area contributed by atoms with Crippen LogP contribution in [0.15, 0.2) is 11.6 Å². The van der Waals surface area contributed by atoms with E-state index in [1.807, 2.05) is 0 Å². The average Bonchev–Trinajstić information content (AvgIpc) is 2.74. The fraction of sp³-hybridized carbons (Fsp3) is 0.840. The number of rotatable bonds is 8. The molecule has 2 heterocycles. The zero-order chi connectivity index (χ0) is 22.3. The minimum atomic E-state index is -0.366. The first-order valence-corrected chi connectivity index (χ1v) is 12.3. The van der Waals surface area contributed by atoms with Crippen LogP contribution in [0.25, 0.3) is 0 Å². The highest BCUT2D eigenvalue weighted by atomic mass is 16.5. The van der Waals surface area contributed by atoms with E-state index in [1.165, 1.54) is 18.4 Å². The Labute approximate surface area is 188 Å². The predicted molar refractivity (Wildman–Crippen MR) is 122 cm³/mol. The second-order valence-electron chi connectivity index (χ2n) is 10.1. The van der Waals surface area contributed by atoms with Crippen LogP contribution in [0.3, 0.4) is 0 Å². The SMILES string of the molecule is CC1=C[C@@H](C)C(COC(=O)CN2CCCCC2)(COC(=O)CN2CCCCC2)[C@@H](C)C1. The molecule has 6 nitrogen and oxygen atoms in total. The Morgan fingerprint density at radius 2 is 1.32 bits per heavy atom. The molecular weight excluding hydrogens is 392 g/mol. The molecule has 31 heavy (non-hydrogen) atoms. The number of carbonyl (C=O) groups excluding carboxylic acids is 2. The molecule has 0 unspecified atom stereocenters. The highest BCUT2D eigenvalue weighted by Gasteiger charge is 2.45. The maximum absolute atomic E-state index is 12.6. The molecule has 0 aromatic carbocycles. The smallest absolute Gasteiger partial charge is 0.320 e. The molecule has 3 aliphatic rings. The third kappa shape index (κ3) is 6.79. The molecule has 0 N–H and O–H groups in total. The van der Waals surface area contributed by atoms with Gasteiger partial charge in [0.1, 0.15) is 13.2 Å². The zero-order valence-corrected chi connectivity index (χ0v) is 19.9. The van der Waals surface area contributed by atoms with E-state index >= 15 is 0 Å². The monoisotopic (exact) mass is 434 g/mol. The lowest BCUT2D eigenvalue weighted by Crippen LogP contribution is -2.48. The van der Waals surface area contributed by atoms with E-state index in [-0.39, 0.29) is 29.2 Å². The van der Waals surface area contributed by atoms with Gasteiger partial charge in [-0.15, -0.1) is 0 Å². The minimum absolute atomic E-state index is 0.161. The Kier molecular flexibility index (Phi) is 8.96. The molecule has 0 bridgehead atoms. The van der Waals surface area contributed by atoms with Gasteiger partial charge in [0.25, 0.3) is 0 Å². The number of esters is 2. The molecule has 0 radical (unpaired) electrons. The molecule has 0 aromatic heterocycles. The van der Waals surface area contributed by atoms with Crippen LogP contribution < -0.4 is 0 Å². The van der Waals surface area contributed by atoms with E-state index < -0.39 is 0 Å². The number of hydrogen-bond donors (Lipinski definition) is 0. The van der Waals surface area contributed by atoms with Crippen LogP contribution in [0.2, 0.25) is 0 Å². The number of nitrogens with zero attached hydrogens (tertiary/aromatic N) is 2. The van der Waals surface area contributed by atoms with Gasteiger partial charge in [-0.25, -0.2) is 0 Å². The average molecular weight is 435 g/mol. The van der Waals surface area contributed by atoms with Gasteiger partial charge in [-0.3, -0.25) is 19.4 Å². The summed E-state index contributed by atoms with van der Waals surface area (Å²) in [7, 11) is 0. The molecule has 0 spiro atoms. The van der Waals surface area contributed by atoms with Crippen molar-refractivity contribution in [2.75, 3.05) is 52.5 Å². The van der Waals surface area contributed by atoms with Gasteiger partial charge in [-0.05, 0) is 77.0 Å². The van der Waals surface area contributed by atoms with Crippen LogP contribution in [0.5, 0.6) is 0 Å². The number of allylic oxidation sites excluding steroid dienone is 2. The number of carbonyl (C=O) groups is 2. The first-order chi connectivity index (χ1) is 14.9. The number of ether oxygens (including phenoxy) is 2. The summed E-state index contributed by atoms with van der Waals surface area (Å²) in [5.41, 5.74) is 0.990. The Hall–Kier alpha value is -1.40. The van der Waals surface area contributed by atoms with Crippen LogP contribution >= 0.6 is 0 Å². The quantitative estimate of drug-likeness (QED) is 0.429. The summed E-state index contributed by atoms with van der Waals surface area (Å²) in [6.07, 6.45) is 10.3. The standard InChI is InChI=1S/C25H42N2O4/c1-20-14-21(2)25(22(3)15-20,18-30-23(28)16-26-10-6-4-7-11-26)19-31-24(29)17-27-12-8-5-9-13-27/h14,21-22H,4-13,15-19H2,1-3H3/t21-,22+/m1/s1. The fourth-order valence-corrected chi connectivity index (χ4v) is 5.51. The van der Waals surface area contributed by atoms with Gasteiger partial charge in [0.2, 0.25) is 0 Å². The Morgan fingerprint density at radius 3 is 1.74 bits per heavy atom. The number of hydrogen-bond acceptors (Lipinski definition) is 6. The molecule has 2 saturated heterocycles. The fourth-order valence-electron chi connectivity index (χ4n) is 5.51. The summed E-state index contributed by atoms with van der Waals surface area (Å²) < 4.78 is 11.7. The Bertz CT molecular complexity index is 599. The molecular formula is C25H42N2O4. The first-order valence-electron chi connectivity index (χ1n) is 12.3. The lowest BCUT2D eigenvalue weighted by Gasteiger charge is -2.45. The van der Waals surface area contributed by atoms with Crippen molar-refractivity contribution in [3.63, 3.8) is 0 Å². The normalized spacial score (nSPS) is 27.4. The number of piperidine rings is 2. The van der Waals surface area contributed by atoms with Gasteiger partial charge < -0.3 is 9.47 Å². The van der Waals surface area contributed by atoms with Crippen molar-refractivity contribution in [1.82, 2.24) is 9.80 Å². The van der Waals surface area contributed by atoms with Crippen molar-refractivity contribution in [3.05, 3.63) is 11.6 Å². The van der Waals surface area contributed by atoms with Crippen LogP contribution in [0.1, 0.15) is 65.7 Å².